The highest BCUT2D eigenvalue weighted by molar-refractivity contribution is 5.97. The fraction of sp³-hybridized carbons (Fsp3) is 0.500. The van der Waals surface area contributed by atoms with Gasteiger partial charge < -0.3 is 19.6 Å². The summed E-state index contributed by atoms with van der Waals surface area (Å²) in [4.78, 5) is 39.3. The van der Waals surface area contributed by atoms with Crippen LogP contribution in [0.15, 0.2) is 24.3 Å². The summed E-state index contributed by atoms with van der Waals surface area (Å²) < 4.78 is 5.51. The second kappa shape index (κ2) is 7.13. The van der Waals surface area contributed by atoms with Gasteiger partial charge in [-0.1, -0.05) is 12.1 Å². The first-order valence-electron chi connectivity index (χ1n) is 8.55. The number of carbonyl (C=O) groups excluding carboxylic acids is 2. The normalized spacial score (nSPS) is 22.4. The number of carboxylic acids is 1. The molecule has 1 aliphatic carbocycles. The van der Waals surface area contributed by atoms with Crippen LogP contribution in [0.3, 0.4) is 0 Å². The summed E-state index contributed by atoms with van der Waals surface area (Å²) in [5, 5.41) is 8.95. The molecule has 1 aliphatic heterocycles. The highest BCUT2D eigenvalue weighted by Gasteiger charge is 2.50. The second-order valence-corrected chi connectivity index (χ2v) is 6.33. The summed E-state index contributed by atoms with van der Waals surface area (Å²) in [5.74, 6) is -1.47. The summed E-state index contributed by atoms with van der Waals surface area (Å²) >= 11 is 0. The summed E-state index contributed by atoms with van der Waals surface area (Å²) in [6.45, 7) is 4.10. The molecule has 1 N–H and O–H groups in total. The van der Waals surface area contributed by atoms with Crippen molar-refractivity contribution in [3.8, 4) is 5.75 Å². The molecule has 0 radical (unpaired) electrons. The Morgan fingerprint density at radius 1 is 1.08 bits per heavy atom. The third-order valence-corrected chi connectivity index (χ3v) is 4.72. The Morgan fingerprint density at radius 2 is 1.72 bits per heavy atom. The lowest BCUT2D eigenvalue weighted by Crippen LogP contribution is -2.51. The van der Waals surface area contributed by atoms with E-state index in [2.05, 4.69) is 0 Å². The molecule has 2 fully saturated rings. The first-order chi connectivity index (χ1) is 12.0. The zero-order valence-corrected chi connectivity index (χ0v) is 14.2. The fourth-order valence-corrected chi connectivity index (χ4v) is 3.20. The molecule has 0 unspecified atom stereocenters. The van der Waals surface area contributed by atoms with Crippen molar-refractivity contribution in [3.63, 3.8) is 0 Å². The maximum atomic E-state index is 12.7. The van der Waals surface area contributed by atoms with E-state index in [1.807, 2.05) is 13.0 Å². The average Bonchev–Trinajstić information content (AvgIpc) is 3.42. The molecular formula is C18H22N2O5. The number of benzene rings is 1. The lowest BCUT2D eigenvalue weighted by atomic mass is 10.1. The topological polar surface area (TPSA) is 87.2 Å². The van der Waals surface area contributed by atoms with Gasteiger partial charge in [-0.25, -0.2) is 0 Å². The highest BCUT2D eigenvalue weighted by Crippen LogP contribution is 2.40. The van der Waals surface area contributed by atoms with Gasteiger partial charge in [0.25, 0.3) is 5.91 Å². The van der Waals surface area contributed by atoms with Gasteiger partial charge >= 0.3 is 5.97 Å². The number of aliphatic carboxylic acids is 1. The number of para-hydroxylation sites is 1. The predicted molar refractivity (Wildman–Crippen MR) is 89.3 cm³/mol. The number of hydrogen-bond donors (Lipinski definition) is 1. The smallest absolute Gasteiger partial charge is 0.307 e. The third-order valence-electron chi connectivity index (χ3n) is 4.72. The van der Waals surface area contributed by atoms with E-state index in [1.54, 1.807) is 28.0 Å². The van der Waals surface area contributed by atoms with Crippen molar-refractivity contribution in [2.24, 2.45) is 11.8 Å². The molecule has 0 spiro atoms. The Labute approximate surface area is 146 Å². The Morgan fingerprint density at radius 3 is 2.32 bits per heavy atom. The van der Waals surface area contributed by atoms with Crippen molar-refractivity contribution < 1.29 is 24.2 Å². The van der Waals surface area contributed by atoms with Crippen LogP contribution < -0.4 is 4.74 Å². The lowest BCUT2D eigenvalue weighted by molar-refractivity contribution is -0.142. The van der Waals surface area contributed by atoms with E-state index >= 15 is 0 Å². The van der Waals surface area contributed by atoms with Gasteiger partial charge in [0.05, 0.1) is 24.0 Å². The van der Waals surface area contributed by atoms with E-state index in [9.17, 15) is 14.4 Å². The fourth-order valence-electron chi connectivity index (χ4n) is 3.20. The zero-order valence-electron chi connectivity index (χ0n) is 14.2. The number of rotatable bonds is 5. The van der Waals surface area contributed by atoms with Crippen LogP contribution in [-0.4, -0.2) is 65.5 Å². The van der Waals surface area contributed by atoms with Gasteiger partial charge in [-0.05, 0) is 25.5 Å². The molecule has 3 rings (SSSR count). The first-order valence-corrected chi connectivity index (χ1v) is 8.55. The van der Waals surface area contributed by atoms with Crippen LogP contribution in [0.5, 0.6) is 5.75 Å². The predicted octanol–water partition coefficient (Wildman–Crippen LogP) is 1.09. The molecule has 7 heteroatoms. The Balaban J connectivity index is 1.58. The van der Waals surface area contributed by atoms with Crippen molar-refractivity contribution in [3.05, 3.63) is 29.8 Å². The standard InChI is InChI=1S/C18H22N2O5/c1-2-25-15-6-4-3-5-12(15)16(21)19-7-9-20(10-8-19)17(22)13-11-14(13)18(23)24/h3-6,13-14H,2,7-11H2,1H3,(H,23,24)/t13-,14+/m0/s1. The summed E-state index contributed by atoms with van der Waals surface area (Å²) in [7, 11) is 0. The number of piperazine rings is 1. The minimum Gasteiger partial charge on any atom is -0.493 e. The van der Waals surface area contributed by atoms with E-state index in [1.165, 1.54) is 0 Å². The molecule has 1 saturated carbocycles. The van der Waals surface area contributed by atoms with E-state index in [4.69, 9.17) is 9.84 Å². The molecule has 2 amide bonds. The number of hydrogen-bond acceptors (Lipinski definition) is 4. The molecule has 7 nitrogen and oxygen atoms in total. The molecule has 1 saturated heterocycles. The van der Waals surface area contributed by atoms with Crippen molar-refractivity contribution in [1.82, 2.24) is 9.80 Å². The SMILES string of the molecule is CCOc1ccccc1C(=O)N1CCN(C(=O)[C@H]2C[C@H]2C(=O)O)CC1. The van der Waals surface area contributed by atoms with E-state index < -0.39 is 17.8 Å². The van der Waals surface area contributed by atoms with Crippen molar-refractivity contribution >= 4 is 17.8 Å². The van der Waals surface area contributed by atoms with Crippen molar-refractivity contribution in [1.29, 1.82) is 0 Å². The molecule has 0 aromatic heterocycles. The van der Waals surface area contributed by atoms with Crippen LogP contribution in [0.1, 0.15) is 23.7 Å². The Kier molecular flexibility index (Phi) is 4.92. The van der Waals surface area contributed by atoms with Crippen LogP contribution in [0.25, 0.3) is 0 Å². The third kappa shape index (κ3) is 3.60. The molecule has 134 valence electrons. The lowest BCUT2D eigenvalue weighted by Gasteiger charge is -2.35. The molecular weight excluding hydrogens is 324 g/mol. The Hall–Kier alpha value is -2.57. The van der Waals surface area contributed by atoms with Gasteiger partial charge in [0, 0.05) is 26.2 Å². The van der Waals surface area contributed by atoms with Gasteiger partial charge in [0.2, 0.25) is 5.91 Å². The molecule has 1 aromatic rings. The van der Waals surface area contributed by atoms with E-state index in [0.29, 0.717) is 50.5 Å². The van der Waals surface area contributed by atoms with Crippen LogP contribution in [0, 0.1) is 11.8 Å². The number of ether oxygens (including phenoxy) is 1. The van der Waals surface area contributed by atoms with E-state index in [-0.39, 0.29) is 11.8 Å². The van der Waals surface area contributed by atoms with Crippen LogP contribution in [-0.2, 0) is 9.59 Å². The van der Waals surface area contributed by atoms with Gasteiger partial charge in [-0.3, -0.25) is 14.4 Å². The number of carbonyl (C=O) groups is 3. The first kappa shape index (κ1) is 17.3. The van der Waals surface area contributed by atoms with Crippen LogP contribution in [0.4, 0.5) is 0 Å². The largest absolute Gasteiger partial charge is 0.493 e. The van der Waals surface area contributed by atoms with Gasteiger partial charge in [0.15, 0.2) is 0 Å². The number of nitrogens with zero attached hydrogens (tertiary/aromatic N) is 2. The number of amides is 2. The Bertz CT molecular complexity index is 682. The summed E-state index contributed by atoms with van der Waals surface area (Å²) in [6.07, 6.45) is 0.426. The quantitative estimate of drug-likeness (QED) is 0.862. The zero-order chi connectivity index (χ0) is 18.0. The van der Waals surface area contributed by atoms with Crippen molar-refractivity contribution in [2.75, 3.05) is 32.8 Å². The van der Waals surface area contributed by atoms with E-state index in [0.717, 1.165) is 0 Å². The van der Waals surface area contributed by atoms with Gasteiger partial charge in [-0.15, -0.1) is 0 Å². The summed E-state index contributed by atoms with van der Waals surface area (Å²) in [6, 6.07) is 7.14. The minimum absolute atomic E-state index is 0.103. The van der Waals surface area contributed by atoms with Gasteiger partial charge in [-0.2, -0.15) is 0 Å². The minimum atomic E-state index is -0.903. The number of carboxylic acid groups (broad SMARTS) is 1. The molecule has 2 aliphatic rings. The maximum absolute atomic E-state index is 12.7. The highest BCUT2D eigenvalue weighted by atomic mass is 16.5. The maximum Gasteiger partial charge on any atom is 0.307 e. The molecule has 0 bridgehead atoms. The molecule has 25 heavy (non-hydrogen) atoms. The summed E-state index contributed by atoms with van der Waals surface area (Å²) in [5.41, 5.74) is 0.525. The van der Waals surface area contributed by atoms with Crippen LogP contribution in [0.2, 0.25) is 0 Å². The van der Waals surface area contributed by atoms with Crippen LogP contribution >= 0.6 is 0 Å². The molecule has 1 aromatic carbocycles. The molecule has 1 heterocycles. The monoisotopic (exact) mass is 346 g/mol. The van der Waals surface area contributed by atoms with Gasteiger partial charge in [0.1, 0.15) is 5.75 Å². The van der Waals surface area contributed by atoms with Crippen molar-refractivity contribution in [2.45, 2.75) is 13.3 Å². The average molecular weight is 346 g/mol. The second-order valence-electron chi connectivity index (χ2n) is 6.33. The molecule has 2 atom stereocenters.